The van der Waals surface area contributed by atoms with Crippen LogP contribution in [0.5, 0.6) is 0 Å². The summed E-state index contributed by atoms with van der Waals surface area (Å²) in [5, 5.41) is 5.51. The number of anilines is 1. The number of piperazine rings is 1. The van der Waals surface area contributed by atoms with Gasteiger partial charge < -0.3 is 15.1 Å². The summed E-state index contributed by atoms with van der Waals surface area (Å²) in [6.07, 6.45) is 1.19. The van der Waals surface area contributed by atoms with Crippen LogP contribution in [0.3, 0.4) is 0 Å². The highest BCUT2D eigenvalue weighted by Gasteiger charge is 2.44. The molecular formula is C18H18F2N4O3. The molecule has 2 N–H and O–H groups in total. The van der Waals surface area contributed by atoms with Gasteiger partial charge in [-0.15, -0.1) is 0 Å². The molecule has 0 radical (unpaired) electrons. The SMILES string of the molecule is O=C1CCC(N2Cc3cc(N4CC5CC4CN5)c(F)c(F)c3C2=O)C(=O)N1. The lowest BCUT2D eigenvalue weighted by Crippen LogP contribution is -2.52. The topological polar surface area (TPSA) is 81.8 Å². The minimum Gasteiger partial charge on any atom is -0.363 e. The summed E-state index contributed by atoms with van der Waals surface area (Å²) in [5.41, 5.74) is 0.260. The van der Waals surface area contributed by atoms with Gasteiger partial charge in [-0.3, -0.25) is 19.7 Å². The third-order valence-corrected chi connectivity index (χ3v) is 6.04. The van der Waals surface area contributed by atoms with Crippen molar-refractivity contribution in [1.82, 2.24) is 15.5 Å². The molecule has 3 fully saturated rings. The van der Waals surface area contributed by atoms with Crippen LogP contribution >= 0.6 is 0 Å². The van der Waals surface area contributed by atoms with Crippen LogP contribution in [0.15, 0.2) is 6.07 Å². The first-order chi connectivity index (χ1) is 12.9. The molecule has 3 saturated heterocycles. The van der Waals surface area contributed by atoms with E-state index in [0.717, 1.165) is 13.0 Å². The van der Waals surface area contributed by atoms with E-state index in [1.807, 2.05) is 4.90 Å². The van der Waals surface area contributed by atoms with E-state index in [1.165, 1.54) is 11.0 Å². The van der Waals surface area contributed by atoms with Gasteiger partial charge in [0.15, 0.2) is 11.6 Å². The van der Waals surface area contributed by atoms with Crippen LogP contribution in [0.25, 0.3) is 0 Å². The Hall–Kier alpha value is -2.55. The van der Waals surface area contributed by atoms with Crippen LogP contribution in [-0.4, -0.2) is 53.8 Å². The van der Waals surface area contributed by atoms with E-state index in [0.29, 0.717) is 12.1 Å². The average molecular weight is 376 g/mol. The number of carbonyl (C=O) groups is 3. The number of amides is 3. The van der Waals surface area contributed by atoms with Crippen molar-refractivity contribution in [2.75, 3.05) is 18.0 Å². The smallest absolute Gasteiger partial charge is 0.258 e. The minimum atomic E-state index is -1.15. The molecule has 2 bridgehead atoms. The summed E-state index contributed by atoms with van der Waals surface area (Å²) in [6.45, 7) is 1.36. The van der Waals surface area contributed by atoms with Crippen molar-refractivity contribution >= 4 is 23.4 Å². The zero-order chi connectivity index (χ0) is 18.9. The predicted octanol–water partition coefficient (Wildman–Crippen LogP) is 0.276. The van der Waals surface area contributed by atoms with E-state index in [1.54, 1.807) is 0 Å². The second-order valence-electron chi connectivity index (χ2n) is 7.60. The molecule has 4 heterocycles. The van der Waals surface area contributed by atoms with Crippen molar-refractivity contribution in [2.45, 2.75) is 43.9 Å². The maximum absolute atomic E-state index is 14.8. The summed E-state index contributed by atoms with van der Waals surface area (Å²) >= 11 is 0. The van der Waals surface area contributed by atoms with Crippen molar-refractivity contribution in [3.05, 3.63) is 28.8 Å². The molecule has 4 aliphatic rings. The Morgan fingerprint density at radius 3 is 2.59 bits per heavy atom. The van der Waals surface area contributed by atoms with Gasteiger partial charge in [-0.1, -0.05) is 0 Å². The number of hydrogen-bond acceptors (Lipinski definition) is 5. The van der Waals surface area contributed by atoms with Gasteiger partial charge in [-0.05, 0) is 24.5 Å². The molecule has 3 unspecified atom stereocenters. The molecular weight excluding hydrogens is 358 g/mol. The molecule has 4 aliphatic heterocycles. The monoisotopic (exact) mass is 376 g/mol. The Morgan fingerprint density at radius 2 is 1.93 bits per heavy atom. The van der Waals surface area contributed by atoms with E-state index >= 15 is 0 Å². The van der Waals surface area contributed by atoms with Gasteiger partial charge in [0.05, 0.1) is 11.3 Å². The van der Waals surface area contributed by atoms with Crippen LogP contribution in [0.4, 0.5) is 14.5 Å². The first-order valence-electron chi connectivity index (χ1n) is 9.09. The number of piperidine rings is 1. The number of rotatable bonds is 2. The number of benzene rings is 1. The number of nitrogens with zero attached hydrogens (tertiary/aromatic N) is 2. The standard InChI is InChI=1S/C18H18F2N4O3/c19-15-12(23-7-9-4-10(23)5-21-9)3-8-6-24(18(27)14(8)16(15)20)11-1-2-13(25)22-17(11)26/h3,9-11,21H,1-2,4-7H2,(H,22,25,26). The van der Waals surface area contributed by atoms with Gasteiger partial charge in [0, 0.05) is 38.1 Å². The van der Waals surface area contributed by atoms with Gasteiger partial charge in [0.2, 0.25) is 11.8 Å². The second kappa shape index (κ2) is 5.72. The van der Waals surface area contributed by atoms with E-state index in [2.05, 4.69) is 10.6 Å². The van der Waals surface area contributed by atoms with E-state index in [-0.39, 0.29) is 42.7 Å². The van der Waals surface area contributed by atoms with Gasteiger partial charge in [-0.25, -0.2) is 8.78 Å². The van der Waals surface area contributed by atoms with Gasteiger partial charge in [-0.2, -0.15) is 0 Å². The van der Waals surface area contributed by atoms with Crippen LogP contribution in [0.1, 0.15) is 35.2 Å². The summed E-state index contributed by atoms with van der Waals surface area (Å²) in [6, 6.07) is 1.08. The summed E-state index contributed by atoms with van der Waals surface area (Å²) in [7, 11) is 0. The van der Waals surface area contributed by atoms with Gasteiger partial charge in [0.1, 0.15) is 6.04 Å². The Kier molecular flexibility index (Phi) is 3.52. The summed E-state index contributed by atoms with van der Waals surface area (Å²) in [5.74, 6) is -3.83. The van der Waals surface area contributed by atoms with Gasteiger partial charge >= 0.3 is 0 Å². The Labute approximate surface area is 153 Å². The molecule has 0 aromatic heterocycles. The van der Waals surface area contributed by atoms with Gasteiger partial charge in [0.25, 0.3) is 5.91 Å². The minimum absolute atomic E-state index is 0.0326. The highest BCUT2D eigenvalue weighted by molar-refractivity contribution is 6.05. The lowest BCUT2D eigenvalue weighted by Gasteiger charge is -2.30. The molecule has 142 valence electrons. The first kappa shape index (κ1) is 16.6. The number of carbonyl (C=O) groups excluding carboxylic acids is 3. The van der Waals surface area contributed by atoms with E-state index in [4.69, 9.17) is 0 Å². The molecule has 0 aliphatic carbocycles. The van der Waals surface area contributed by atoms with Crippen molar-refractivity contribution in [1.29, 1.82) is 0 Å². The van der Waals surface area contributed by atoms with Crippen LogP contribution in [-0.2, 0) is 16.1 Å². The molecule has 5 rings (SSSR count). The number of hydrogen-bond donors (Lipinski definition) is 2. The third kappa shape index (κ3) is 2.37. The fourth-order valence-electron chi connectivity index (χ4n) is 4.71. The molecule has 0 saturated carbocycles. The highest BCUT2D eigenvalue weighted by Crippen LogP contribution is 2.38. The van der Waals surface area contributed by atoms with Crippen molar-refractivity contribution in [3.63, 3.8) is 0 Å². The van der Waals surface area contributed by atoms with E-state index in [9.17, 15) is 23.2 Å². The fourth-order valence-corrected chi connectivity index (χ4v) is 4.71. The number of fused-ring (bicyclic) bond motifs is 3. The quantitative estimate of drug-likeness (QED) is 0.725. The van der Waals surface area contributed by atoms with Crippen molar-refractivity contribution < 1.29 is 23.2 Å². The largest absolute Gasteiger partial charge is 0.363 e. The number of nitrogens with one attached hydrogen (secondary N) is 2. The second-order valence-corrected chi connectivity index (χ2v) is 7.60. The molecule has 1 aromatic rings. The summed E-state index contributed by atoms with van der Waals surface area (Å²) < 4.78 is 29.6. The molecule has 1 aromatic carbocycles. The lowest BCUT2D eigenvalue weighted by molar-refractivity contribution is -0.136. The Bertz CT molecular complexity index is 890. The molecule has 9 heteroatoms. The lowest BCUT2D eigenvalue weighted by atomic mass is 10.0. The highest BCUT2D eigenvalue weighted by atomic mass is 19.2. The maximum atomic E-state index is 14.8. The first-order valence-corrected chi connectivity index (χ1v) is 9.09. The van der Waals surface area contributed by atoms with Crippen LogP contribution < -0.4 is 15.5 Å². The maximum Gasteiger partial charge on any atom is 0.258 e. The molecule has 3 amide bonds. The van der Waals surface area contributed by atoms with Crippen LogP contribution in [0, 0.1) is 11.6 Å². The zero-order valence-corrected chi connectivity index (χ0v) is 14.4. The predicted molar refractivity (Wildman–Crippen MR) is 89.9 cm³/mol. The average Bonchev–Trinajstić information content (AvgIpc) is 3.33. The number of imide groups is 1. The fraction of sp³-hybridized carbons (Fsp3) is 0.500. The third-order valence-electron chi connectivity index (χ3n) is 6.04. The zero-order valence-electron chi connectivity index (χ0n) is 14.4. The molecule has 7 nitrogen and oxygen atoms in total. The van der Waals surface area contributed by atoms with E-state index < -0.39 is 35.4 Å². The molecule has 27 heavy (non-hydrogen) atoms. The molecule has 0 spiro atoms. The van der Waals surface area contributed by atoms with Crippen LogP contribution in [0.2, 0.25) is 0 Å². The van der Waals surface area contributed by atoms with Crippen molar-refractivity contribution in [3.8, 4) is 0 Å². The Balaban J connectivity index is 1.48. The number of halogens is 2. The summed E-state index contributed by atoms with van der Waals surface area (Å²) in [4.78, 5) is 39.2. The Morgan fingerprint density at radius 1 is 1.11 bits per heavy atom. The van der Waals surface area contributed by atoms with Crippen molar-refractivity contribution in [2.24, 2.45) is 0 Å². The molecule has 3 atom stereocenters. The normalized spacial score (nSPS) is 29.6.